The van der Waals surface area contributed by atoms with Crippen LogP contribution in [0.1, 0.15) is 37.7 Å². The van der Waals surface area contributed by atoms with Gasteiger partial charge in [-0.25, -0.2) is 17.9 Å². The van der Waals surface area contributed by atoms with E-state index in [-0.39, 0.29) is 6.61 Å². The molecular formula is C14H19NO4S. The molecule has 0 heterocycles. The van der Waals surface area contributed by atoms with Gasteiger partial charge in [-0.15, -0.1) is 0 Å². The van der Waals surface area contributed by atoms with Gasteiger partial charge >= 0.3 is 6.09 Å². The molecule has 1 aliphatic rings. The Bertz CT molecular complexity index is 536. The van der Waals surface area contributed by atoms with Crippen molar-refractivity contribution in [2.45, 2.75) is 44.0 Å². The van der Waals surface area contributed by atoms with Gasteiger partial charge in [0.1, 0.15) is 6.61 Å². The number of rotatable bonds is 4. The maximum absolute atomic E-state index is 12.0. The predicted molar refractivity (Wildman–Crippen MR) is 75.6 cm³/mol. The highest BCUT2D eigenvalue weighted by Crippen LogP contribution is 2.23. The van der Waals surface area contributed by atoms with Crippen LogP contribution >= 0.6 is 0 Å². The molecule has 1 N–H and O–H groups in total. The third-order valence-electron chi connectivity index (χ3n) is 3.43. The molecule has 0 aromatic heterocycles. The lowest BCUT2D eigenvalue weighted by Gasteiger charge is -2.21. The molecular weight excluding hydrogens is 278 g/mol. The van der Waals surface area contributed by atoms with E-state index in [1.165, 1.54) is 0 Å². The van der Waals surface area contributed by atoms with Crippen molar-refractivity contribution < 1.29 is 17.9 Å². The first kappa shape index (κ1) is 14.8. The fraction of sp³-hybridized carbons (Fsp3) is 0.500. The number of hydrogen-bond acceptors (Lipinski definition) is 4. The number of carbonyl (C=O) groups is 1. The number of amides is 1. The molecule has 110 valence electrons. The summed E-state index contributed by atoms with van der Waals surface area (Å²) < 4.78 is 30.9. The largest absolute Gasteiger partial charge is 0.444 e. The van der Waals surface area contributed by atoms with Crippen LogP contribution in [0.2, 0.25) is 0 Å². The van der Waals surface area contributed by atoms with Gasteiger partial charge in [0.15, 0.2) is 0 Å². The molecule has 2 rings (SSSR count). The molecule has 0 saturated heterocycles. The maximum atomic E-state index is 12.0. The summed E-state index contributed by atoms with van der Waals surface area (Å²) in [7, 11) is -3.61. The monoisotopic (exact) mass is 297 g/mol. The maximum Gasteiger partial charge on any atom is 0.421 e. The Kier molecular flexibility index (Phi) is 5.00. The Morgan fingerprint density at radius 1 is 1.15 bits per heavy atom. The highest BCUT2D eigenvalue weighted by Gasteiger charge is 2.29. The van der Waals surface area contributed by atoms with Gasteiger partial charge in [-0.1, -0.05) is 49.6 Å². The molecule has 0 aliphatic heterocycles. The third-order valence-corrected chi connectivity index (χ3v) is 5.23. The van der Waals surface area contributed by atoms with E-state index in [1.807, 2.05) is 35.1 Å². The van der Waals surface area contributed by atoms with Gasteiger partial charge < -0.3 is 4.74 Å². The third kappa shape index (κ3) is 4.23. The Balaban J connectivity index is 1.84. The van der Waals surface area contributed by atoms with E-state index < -0.39 is 21.4 Å². The highest BCUT2D eigenvalue weighted by molar-refractivity contribution is 7.90. The number of carbonyl (C=O) groups excluding carboxylic acids is 1. The van der Waals surface area contributed by atoms with E-state index in [9.17, 15) is 13.2 Å². The van der Waals surface area contributed by atoms with E-state index in [1.54, 1.807) is 0 Å². The van der Waals surface area contributed by atoms with Crippen molar-refractivity contribution in [1.82, 2.24) is 4.72 Å². The SMILES string of the molecule is O=C(NS(=O)(=O)C1CCCCC1)OCc1ccccc1. The van der Waals surface area contributed by atoms with Crippen molar-refractivity contribution in [3.05, 3.63) is 35.9 Å². The second-order valence-electron chi connectivity index (χ2n) is 4.97. The molecule has 0 atom stereocenters. The van der Waals surface area contributed by atoms with Crippen molar-refractivity contribution in [3.63, 3.8) is 0 Å². The minimum Gasteiger partial charge on any atom is -0.444 e. The summed E-state index contributed by atoms with van der Waals surface area (Å²) in [4.78, 5) is 11.6. The summed E-state index contributed by atoms with van der Waals surface area (Å²) in [6, 6.07) is 9.13. The molecule has 1 fully saturated rings. The van der Waals surface area contributed by atoms with Crippen molar-refractivity contribution in [2.75, 3.05) is 0 Å². The van der Waals surface area contributed by atoms with E-state index in [2.05, 4.69) is 0 Å². The molecule has 0 unspecified atom stereocenters. The first-order chi connectivity index (χ1) is 9.58. The lowest BCUT2D eigenvalue weighted by molar-refractivity contribution is 0.146. The van der Waals surface area contributed by atoms with Gasteiger partial charge in [0.25, 0.3) is 0 Å². The van der Waals surface area contributed by atoms with Crippen LogP contribution in [-0.4, -0.2) is 19.8 Å². The molecule has 1 aromatic carbocycles. The Labute approximate surface area is 119 Å². The second kappa shape index (κ2) is 6.74. The van der Waals surface area contributed by atoms with Crippen molar-refractivity contribution in [2.24, 2.45) is 0 Å². The van der Waals surface area contributed by atoms with Crippen LogP contribution in [0.3, 0.4) is 0 Å². The Morgan fingerprint density at radius 2 is 1.80 bits per heavy atom. The van der Waals surface area contributed by atoms with E-state index >= 15 is 0 Å². The van der Waals surface area contributed by atoms with Crippen LogP contribution < -0.4 is 4.72 Å². The minimum atomic E-state index is -3.61. The predicted octanol–water partition coefficient (Wildman–Crippen LogP) is 2.58. The van der Waals surface area contributed by atoms with Crippen LogP contribution in [0, 0.1) is 0 Å². The highest BCUT2D eigenvalue weighted by atomic mass is 32.2. The van der Waals surface area contributed by atoms with Crippen LogP contribution in [0.4, 0.5) is 4.79 Å². The van der Waals surface area contributed by atoms with Gasteiger partial charge in [-0.3, -0.25) is 0 Å². The lowest BCUT2D eigenvalue weighted by Crippen LogP contribution is -2.39. The second-order valence-corrected chi connectivity index (χ2v) is 6.93. The van der Waals surface area contributed by atoms with E-state index in [0.717, 1.165) is 24.8 Å². The number of nitrogens with one attached hydrogen (secondary N) is 1. The van der Waals surface area contributed by atoms with Crippen molar-refractivity contribution in [1.29, 1.82) is 0 Å². The first-order valence-corrected chi connectivity index (χ1v) is 8.35. The number of ether oxygens (including phenoxy) is 1. The first-order valence-electron chi connectivity index (χ1n) is 6.80. The quantitative estimate of drug-likeness (QED) is 0.927. The number of benzene rings is 1. The Hall–Kier alpha value is -1.56. The summed E-state index contributed by atoms with van der Waals surface area (Å²) in [6.07, 6.45) is 3.17. The number of sulfonamides is 1. The average molecular weight is 297 g/mol. The fourth-order valence-corrected chi connectivity index (χ4v) is 3.74. The summed E-state index contributed by atoms with van der Waals surface area (Å²) >= 11 is 0. The molecule has 1 amide bonds. The van der Waals surface area contributed by atoms with Gasteiger partial charge in [0, 0.05) is 0 Å². The summed E-state index contributed by atoms with van der Waals surface area (Å²) in [5.74, 6) is 0. The van der Waals surface area contributed by atoms with E-state index in [4.69, 9.17) is 4.74 Å². The molecule has 1 aromatic rings. The summed E-state index contributed by atoms with van der Waals surface area (Å²) in [5.41, 5.74) is 0.817. The zero-order valence-corrected chi connectivity index (χ0v) is 12.1. The molecule has 1 aliphatic carbocycles. The minimum absolute atomic E-state index is 0.0624. The zero-order chi connectivity index (χ0) is 14.4. The van der Waals surface area contributed by atoms with Crippen LogP contribution in [0.15, 0.2) is 30.3 Å². The fourth-order valence-electron chi connectivity index (χ4n) is 2.33. The molecule has 6 heteroatoms. The van der Waals surface area contributed by atoms with Gasteiger partial charge in [0.05, 0.1) is 5.25 Å². The van der Waals surface area contributed by atoms with Gasteiger partial charge in [0.2, 0.25) is 10.0 Å². The lowest BCUT2D eigenvalue weighted by atomic mass is 10.0. The van der Waals surface area contributed by atoms with Crippen LogP contribution in [0.5, 0.6) is 0 Å². The van der Waals surface area contributed by atoms with Gasteiger partial charge in [-0.05, 0) is 18.4 Å². The molecule has 1 saturated carbocycles. The molecule has 5 nitrogen and oxygen atoms in total. The van der Waals surface area contributed by atoms with E-state index in [0.29, 0.717) is 12.8 Å². The average Bonchev–Trinajstić information content (AvgIpc) is 2.47. The van der Waals surface area contributed by atoms with Crippen LogP contribution in [0.25, 0.3) is 0 Å². The molecule has 0 bridgehead atoms. The van der Waals surface area contributed by atoms with Crippen molar-refractivity contribution >= 4 is 16.1 Å². The number of hydrogen-bond donors (Lipinski definition) is 1. The summed E-state index contributed by atoms with van der Waals surface area (Å²) in [6.45, 7) is 0.0624. The normalized spacial score (nSPS) is 16.6. The molecule has 0 spiro atoms. The Morgan fingerprint density at radius 3 is 2.45 bits per heavy atom. The van der Waals surface area contributed by atoms with Crippen molar-refractivity contribution in [3.8, 4) is 0 Å². The zero-order valence-electron chi connectivity index (χ0n) is 11.2. The molecule has 20 heavy (non-hydrogen) atoms. The standard InChI is InChI=1S/C14H19NO4S/c16-14(19-11-12-7-3-1-4-8-12)15-20(17,18)13-9-5-2-6-10-13/h1,3-4,7-8,13H,2,5-6,9-11H2,(H,15,16). The topological polar surface area (TPSA) is 72.5 Å². The molecule has 0 radical (unpaired) electrons. The summed E-state index contributed by atoms with van der Waals surface area (Å²) in [5, 5.41) is -0.472. The van der Waals surface area contributed by atoms with Crippen LogP contribution in [-0.2, 0) is 21.4 Å². The van der Waals surface area contributed by atoms with Gasteiger partial charge in [-0.2, -0.15) is 0 Å². The smallest absolute Gasteiger partial charge is 0.421 e.